The number of carbonyl (C=O) groups is 1. The van der Waals surface area contributed by atoms with E-state index in [9.17, 15) is 13.2 Å². The summed E-state index contributed by atoms with van der Waals surface area (Å²) in [6.45, 7) is 3.60. The van der Waals surface area contributed by atoms with E-state index in [1.807, 2.05) is 6.92 Å². The van der Waals surface area contributed by atoms with Gasteiger partial charge in [-0.25, -0.2) is 12.7 Å². The van der Waals surface area contributed by atoms with Crippen molar-refractivity contribution in [3.63, 3.8) is 0 Å². The lowest BCUT2D eigenvalue weighted by molar-refractivity contribution is 0.0837. The van der Waals surface area contributed by atoms with Gasteiger partial charge in [-0.15, -0.1) is 0 Å². The van der Waals surface area contributed by atoms with Crippen LogP contribution in [0.15, 0.2) is 29.2 Å². The third-order valence-electron chi connectivity index (χ3n) is 2.85. The summed E-state index contributed by atoms with van der Waals surface area (Å²) in [6.07, 6.45) is 0.610. The van der Waals surface area contributed by atoms with Gasteiger partial charge in [0.1, 0.15) is 4.90 Å². The number of fused-ring (bicyclic) bond motifs is 1. The monoisotopic (exact) mass is 239 g/mol. The van der Waals surface area contributed by atoms with Crippen LogP contribution in [-0.4, -0.2) is 24.7 Å². The molecular weight excluding hydrogens is 226 g/mol. The van der Waals surface area contributed by atoms with Crippen molar-refractivity contribution in [3.05, 3.63) is 29.8 Å². The van der Waals surface area contributed by atoms with E-state index in [2.05, 4.69) is 0 Å². The van der Waals surface area contributed by atoms with Crippen molar-refractivity contribution in [3.8, 4) is 0 Å². The Hall–Kier alpha value is -1.36. The lowest BCUT2D eigenvalue weighted by Gasteiger charge is -2.21. The first kappa shape index (κ1) is 11.1. The second-order valence-electron chi connectivity index (χ2n) is 3.86. The van der Waals surface area contributed by atoms with Crippen molar-refractivity contribution in [2.75, 3.05) is 0 Å². The summed E-state index contributed by atoms with van der Waals surface area (Å²) in [5, 5.41) is 0. The zero-order valence-corrected chi connectivity index (χ0v) is 9.99. The predicted octanol–water partition coefficient (Wildman–Crippen LogP) is 1.63. The molecule has 1 aliphatic heterocycles. The van der Waals surface area contributed by atoms with Crippen molar-refractivity contribution in [2.45, 2.75) is 31.2 Å². The van der Waals surface area contributed by atoms with E-state index >= 15 is 0 Å². The quantitative estimate of drug-likeness (QED) is 0.788. The molecule has 0 N–H and O–H groups in total. The van der Waals surface area contributed by atoms with Gasteiger partial charge < -0.3 is 0 Å². The van der Waals surface area contributed by atoms with Gasteiger partial charge >= 0.3 is 0 Å². The molecule has 1 heterocycles. The standard InChI is InChI=1S/C11H13NO3S/c1-3-8(2)12-11(13)9-6-4-5-7-10(9)16(12,14)15/h4-8H,3H2,1-2H3/t8-/m1/s1. The molecule has 0 spiro atoms. The van der Waals surface area contributed by atoms with Crippen molar-refractivity contribution in [1.29, 1.82) is 0 Å². The van der Waals surface area contributed by atoms with E-state index in [-0.39, 0.29) is 16.5 Å². The average Bonchev–Trinajstić information content (AvgIpc) is 2.47. The molecule has 0 aromatic heterocycles. The minimum absolute atomic E-state index is 0.125. The second-order valence-corrected chi connectivity index (χ2v) is 5.64. The highest BCUT2D eigenvalue weighted by Gasteiger charge is 2.42. The number of benzene rings is 1. The van der Waals surface area contributed by atoms with E-state index < -0.39 is 15.9 Å². The molecule has 4 nitrogen and oxygen atoms in total. The second kappa shape index (κ2) is 3.59. The smallest absolute Gasteiger partial charge is 0.268 e. The van der Waals surface area contributed by atoms with Crippen LogP contribution in [0, 0.1) is 0 Å². The Labute approximate surface area is 94.9 Å². The van der Waals surface area contributed by atoms with E-state index in [1.165, 1.54) is 6.07 Å². The Kier molecular flexibility index (Phi) is 2.50. The summed E-state index contributed by atoms with van der Waals surface area (Å²) in [5.41, 5.74) is 0.280. The molecule has 86 valence electrons. The van der Waals surface area contributed by atoms with Crippen LogP contribution in [0.3, 0.4) is 0 Å². The molecule has 1 amide bonds. The Balaban J connectivity index is 2.63. The number of rotatable bonds is 2. The lowest BCUT2D eigenvalue weighted by Crippen LogP contribution is -2.37. The Bertz CT molecular complexity index is 536. The largest absolute Gasteiger partial charge is 0.269 e. The van der Waals surface area contributed by atoms with Gasteiger partial charge in [0.15, 0.2) is 0 Å². The van der Waals surface area contributed by atoms with Crippen molar-refractivity contribution in [1.82, 2.24) is 4.31 Å². The molecule has 1 aliphatic rings. The van der Waals surface area contributed by atoms with E-state index in [0.29, 0.717) is 6.42 Å². The molecular formula is C11H13NO3S. The van der Waals surface area contributed by atoms with Gasteiger partial charge in [-0.2, -0.15) is 0 Å². The highest BCUT2D eigenvalue weighted by molar-refractivity contribution is 7.90. The normalized spacial score (nSPS) is 19.6. The van der Waals surface area contributed by atoms with E-state index in [4.69, 9.17) is 0 Å². The highest BCUT2D eigenvalue weighted by atomic mass is 32.2. The summed E-state index contributed by atoms with van der Waals surface area (Å²) >= 11 is 0. The molecule has 0 bridgehead atoms. The number of hydrogen-bond donors (Lipinski definition) is 0. The lowest BCUT2D eigenvalue weighted by atomic mass is 10.2. The number of sulfonamides is 1. The van der Waals surface area contributed by atoms with Gasteiger partial charge in [-0.3, -0.25) is 4.79 Å². The molecule has 1 aromatic rings. The van der Waals surface area contributed by atoms with Gasteiger partial charge in [0.05, 0.1) is 5.56 Å². The van der Waals surface area contributed by atoms with Crippen LogP contribution in [0.4, 0.5) is 0 Å². The zero-order chi connectivity index (χ0) is 11.9. The Morgan fingerprint density at radius 1 is 1.31 bits per heavy atom. The molecule has 1 aromatic carbocycles. The summed E-state index contributed by atoms with van der Waals surface area (Å²) in [7, 11) is -3.62. The summed E-state index contributed by atoms with van der Waals surface area (Å²) in [4.78, 5) is 12.1. The Morgan fingerprint density at radius 3 is 2.50 bits per heavy atom. The molecule has 0 fully saturated rings. The maximum absolute atomic E-state index is 12.1. The fourth-order valence-electron chi connectivity index (χ4n) is 1.80. The van der Waals surface area contributed by atoms with Crippen molar-refractivity contribution >= 4 is 15.9 Å². The molecule has 0 saturated heterocycles. The van der Waals surface area contributed by atoms with Crippen molar-refractivity contribution < 1.29 is 13.2 Å². The van der Waals surface area contributed by atoms with Crippen LogP contribution in [0.1, 0.15) is 30.6 Å². The van der Waals surface area contributed by atoms with Gasteiger partial charge in [0.25, 0.3) is 15.9 Å². The maximum atomic E-state index is 12.1. The first-order valence-electron chi connectivity index (χ1n) is 5.18. The zero-order valence-electron chi connectivity index (χ0n) is 9.17. The molecule has 16 heavy (non-hydrogen) atoms. The summed E-state index contributed by atoms with van der Waals surface area (Å²) in [5.74, 6) is -0.412. The predicted molar refractivity (Wildman–Crippen MR) is 59.6 cm³/mol. The van der Waals surface area contributed by atoms with Gasteiger partial charge in [-0.1, -0.05) is 19.1 Å². The average molecular weight is 239 g/mol. The SMILES string of the molecule is CC[C@@H](C)N1C(=O)c2ccccc2S1(=O)=O. The molecule has 0 saturated carbocycles. The number of nitrogens with zero attached hydrogens (tertiary/aromatic N) is 1. The van der Waals surface area contributed by atoms with Crippen molar-refractivity contribution in [2.24, 2.45) is 0 Å². The number of carbonyl (C=O) groups excluding carboxylic acids is 1. The highest BCUT2D eigenvalue weighted by Crippen LogP contribution is 2.32. The third kappa shape index (κ3) is 1.35. The fourth-order valence-corrected chi connectivity index (χ4v) is 3.64. The van der Waals surface area contributed by atoms with Crippen LogP contribution in [-0.2, 0) is 10.0 Å². The van der Waals surface area contributed by atoms with Gasteiger partial charge in [0, 0.05) is 6.04 Å². The first-order valence-corrected chi connectivity index (χ1v) is 6.62. The van der Waals surface area contributed by atoms with E-state index in [1.54, 1.807) is 25.1 Å². The van der Waals surface area contributed by atoms with Crippen LogP contribution in [0.25, 0.3) is 0 Å². The van der Waals surface area contributed by atoms with E-state index in [0.717, 1.165) is 4.31 Å². The number of hydrogen-bond acceptors (Lipinski definition) is 3. The van der Waals surface area contributed by atoms with Gasteiger partial charge in [-0.05, 0) is 25.5 Å². The third-order valence-corrected chi connectivity index (χ3v) is 4.80. The van der Waals surface area contributed by atoms with Gasteiger partial charge in [0.2, 0.25) is 0 Å². The maximum Gasteiger partial charge on any atom is 0.269 e. The molecule has 0 aliphatic carbocycles. The molecule has 2 rings (SSSR count). The van der Waals surface area contributed by atoms with Crippen LogP contribution >= 0.6 is 0 Å². The molecule has 0 radical (unpaired) electrons. The Morgan fingerprint density at radius 2 is 1.94 bits per heavy atom. The minimum Gasteiger partial charge on any atom is -0.268 e. The molecule has 0 unspecified atom stereocenters. The van der Waals surface area contributed by atoms with Crippen LogP contribution in [0.5, 0.6) is 0 Å². The van der Waals surface area contributed by atoms with Crippen LogP contribution < -0.4 is 0 Å². The summed E-state index contributed by atoms with van der Waals surface area (Å²) in [6, 6.07) is 6.03. The minimum atomic E-state index is -3.62. The molecule has 5 heteroatoms. The molecule has 1 atom stereocenters. The first-order chi connectivity index (χ1) is 7.50. The summed E-state index contributed by atoms with van der Waals surface area (Å²) < 4.78 is 25.2. The van der Waals surface area contributed by atoms with Crippen LogP contribution in [0.2, 0.25) is 0 Å². The fraction of sp³-hybridized carbons (Fsp3) is 0.364. The topological polar surface area (TPSA) is 54.5 Å². The number of amides is 1.